The number of amides is 1. The molecule has 134 valence electrons. The Hall–Kier alpha value is -2.33. The fourth-order valence-corrected chi connectivity index (χ4v) is 3.14. The van der Waals surface area contributed by atoms with Crippen molar-refractivity contribution in [1.29, 1.82) is 0 Å². The first-order chi connectivity index (χ1) is 11.7. The number of carbonyl (C=O) groups is 1. The van der Waals surface area contributed by atoms with Crippen LogP contribution in [0.25, 0.3) is 0 Å². The van der Waals surface area contributed by atoms with Crippen molar-refractivity contribution in [3.63, 3.8) is 0 Å². The van der Waals surface area contributed by atoms with Gasteiger partial charge in [0.1, 0.15) is 5.75 Å². The summed E-state index contributed by atoms with van der Waals surface area (Å²) < 4.78 is 5.14. The van der Waals surface area contributed by atoms with Gasteiger partial charge in [-0.3, -0.25) is 4.79 Å². The molecular formula is C21H27NO3. The Morgan fingerprint density at radius 2 is 1.68 bits per heavy atom. The molecule has 1 amide bonds. The fourth-order valence-electron chi connectivity index (χ4n) is 3.14. The third-order valence-corrected chi connectivity index (χ3v) is 4.28. The number of hydrogen-bond donors (Lipinski definition) is 2. The van der Waals surface area contributed by atoms with E-state index in [0.717, 1.165) is 28.0 Å². The number of rotatable bonds is 6. The molecule has 0 saturated heterocycles. The molecule has 1 atom stereocenters. The van der Waals surface area contributed by atoms with Crippen LogP contribution in [0.5, 0.6) is 5.75 Å². The zero-order valence-electron chi connectivity index (χ0n) is 15.6. The van der Waals surface area contributed by atoms with Crippen molar-refractivity contribution in [3.05, 3.63) is 64.2 Å². The van der Waals surface area contributed by atoms with Gasteiger partial charge >= 0.3 is 0 Å². The minimum absolute atomic E-state index is 0.148. The molecule has 4 heteroatoms. The Morgan fingerprint density at radius 1 is 1.12 bits per heavy atom. The van der Waals surface area contributed by atoms with Crippen LogP contribution in [-0.4, -0.2) is 30.3 Å². The molecule has 0 aliphatic rings. The number of nitrogens with one attached hydrogen (secondary N) is 1. The Morgan fingerprint density at radius 3 is 2.20 bits per heavy atom. The normalized spacial score (nSPS) is 13.2. The maximum atomic E-state index is 12.5. The average Bonchev–Trinajstić information content (AvgIpc) is 2.52. The molecular weight excluding hydrogens is 314 g/mol. The molecule has 25 heavy (non-hydrogen) atoms. The second-order valence-corrected chi connectivity index (χ2v) is 6.98. The molecule has 0 aromatic heterocycles. The van der Waals surface area contributed by atoms with Crippen molar-refractivity contribution < 1.29 is 14.6 Å². The summed E-state index contributed by atoms with van der Waals surface area (Å²) in [5.74, 6) is 0.632. The van der Waals surface area contributed by atoms with Crippen LogP contribution in [0.15, 0.2) is 36.4 Å². The summed E-state index contributed by atoms with van der Waals surface area (Å²) in [6, 6.07) is 11.6. The van der Waals surface area contributed by atoms with Crippen molar-refractivity contribution in [3.8, 4) is 5.75 Å². The highest BCUT2D eigenvalue weighted by Gasteiger charge is 2.23. The lowest BCUT2D eigenvalue weighted by Crippen LogP contribution is -2.42. The van der Waals surface area contributed by atoms with Crippen LogP contribution in [0.3, 0.4) is 0 Å². The highest BCUT2D eigenvalue weighted by atomic mass is 16.5. The molecule has 4 nitrogen and oxygen atoms in total. The molecule has 0 saturated carbocycles. The van der Waals surface area contributed by atoms with Crippen molar-refractivity contribution in [1.82, 2.24) is 5.32 Å². The summed E-state index contributed by atoms with van der Waals surface area (Å²) in [7, 11) is 1.62. The topological polar surface area (TPSA) is 58.6 Å². The standard InChI is InChI=1S/C21H27NO3/c1-14-10-15(2)19(16(3)11-14)20(23)22-13-21(4,24)12-17-6-8-18(25-5)9-7-17/h6-11,24H,12-13H2,1-5H3,(H,22,23). The van der Waals surface area contributed by atoms with E-state index in [4.69, 9.17) is 4.74 Å². The van der Waals surface area contributed by atoms with E-state index in [-0.39, 0.29) is 12.5 Å². The zero-order valence-corrected chi connectivity index (χ0v) is 15.6. The largest absolute Gasteiger partial charge is 0.497 e. The van der Waals surface area contributed by atoms with Gasteiger partial charge in [-0.2, -0.15) is 0 Å². The molecule has 0 bridgehead atoms. The van der Waals surface area contributed by atoms with Gasteiger partial charge in [-0.25, -0.2) is 0 Å². The van der Waals surface area contributed by atoms with Crippen LogP contribution >= 0.6 is 0 Å². The summed E-state index contributed by atoms with van der Waals surface area (Å²) in [5, 5.41) is 13.5. The molecule has 0 spiro atoms. The highest BCUT2D eigenvalue weighted by Crippen LogP contribution is 2.18. The number of aliphatic hydroxyl groups is 1. The molecule has 0 radical (unpaired) electrons. The molecule has 0 aliphatic heterocycles. The summed E-state index contributed by atoms with van der Waals surface area (Å²) in [4.78, 5) is 12.5. The second-order valence-electron chi connectivity index (χ2n) is 6.98. The first kappa shape index (κ1) is 19.0. The number of carbonyl (C=O) groups excluding carboxylic acids is 1. The molecule has 2 aromatic rings. The third-order valence-electron chi connectivity index (χ3n) is 4.28. The monoisotopic (exact) mass is 341 g/mol. The molecule has 1 unspecified atom stereocenters. The Kier molecular flexibility index (Phi) is 5.85. The summed E-state index contributed by atoms with van der Waals surface area (Å²) in [5.41, 5.74) is 3.68. The van der Waals surface area contributed by atoms with Crippen molar-refractivity contribution >= 4 is 5.91 Å². The molecule has 0 fully saturated rings. The Labute approximate surface area is 149 Å². The maximum absolute atomic E-state index is 12.5. The lowest BCUT2D eigenvalue weighted by atomic mass is 9.95. The van der Waals surface area contributed by atoms with E-state index in [1.54, 1.807) is 14.0 Å². The third kappa shape index (κ3) is 5.07. The molecule has 2 aromatic carbocycles. The lowest BCUT2D eigenvalue weighted by molar-refractivity contribution is 0.0552. The van der Waals surface area contributed by atoms with E-state index in [2.05, 4.69) is 5.32 Å². The summed E-state index contributed by atoms with van der Waals surface area (Å²) in [6.45, 7) is 7.80. The van der Waals surface area contributed by atoms with E-state index < -0.39 is 5.60 Å². The molecule has 2 N–H and O–H groups in total. The molecule has 0 aliphatic carbocycles. The smallest absolute Gasteiger partial charge is 0.251 e. The first-order valence-electron chi connectivity index (χ1n) is 8.43. The van der Waals surface area contributed by atoms with E-state index in [1.165, 1.54) is 0 Å². The number of benzene rings is 2. The lowest BCUT2D eigenvalue weighted by Gasteiger charge is -2.24. The van der Waals surface area contributed by atoms with Crippen molar-refractivity contribution in [2.24, 2.45) is 0 Å². The SMILES string of the molecule is COc1ccc(CC(C)(O)CNC(=O)c2c(C)cc(C)cc2C)cc1. The van der Waals surface area contributed by atoms with Crippen molar-refractivity contribution in [2.75, 3.05) is 13.7 Å². The van der Waals surface area contributed by atoms with Gasteiger partial charge in [0.15, 0.2) is 0 Å². The van der Waals surface area contributed by atoms with Crippen LogP contribution in [-0.2, 0) is 6.42 Å². The van der Waals surface area contributed by atoms with E-state index >= 15 is 0 Å². The van der Waals surface area contributed by atoms with Crippen LogP contribution < -0.4 is 10.1 Å². The number of hydrogen-bond acceptors (Lipinski definition) is 3. The van der Waals surface area contributed by atoms with E-state index in [1.807, 2.05) is 57.2 Å². The average molecular weight is 341 g/mol. The first-order valence-corrected chi connectivity index (χ1v) is 8.43. The predicted octanol–water partition coefficient (Wildman–Crippen LogP) is 3.34. The zero-order chi connectivity index (χ0) is 18.6. The van der Waals surface area contributed by atoms with Gasteiger partial charge in [-0.05, 0) is 56.5 Å². The number of methoxy groups -OCH3 is 1. The van der Waals surface area contributed by atoms with Crippen LogP contribution in [0.1, 0.15) is 39.5 Å². The fraction of sp³-hybridized carbons (Fsp3) is 0.381. The van der Waals surface area contributed by atoms with Crippen LogP contribution in [0.4, 0.5) is 0 Å². The van der Waals surface area contributed by atoms with Gasteiger partial charge in [-0.1, -0.05) is 29.8 Å². The van der Waals surface area contributed by atoms with E-state index in [9.17, 15) is 9.90 Å². The van der Waals surface area contributed by atoms with Gasteiger partial charge in [-0.15, -0.1) is 0 Å². The Bertz CT molecular complexity index is 725. The van der Waals surface area contributed by atoms with E-state index in [0.29, 0.717) is 12.0 Å². The van der Waals surface area contributed by atoms with Gasteiger partial charge in [0.05, 0.1) is 12.7 Å². The highest BCUT2D eigenvalue weighted by molar-refractivity contribution is 5.97. The number of aryl methyl sites for hydroxylation is 3. The van der Waals surface area contributed by atoms with Gasteiger partial charge in [0.25, 0.3) is 5.91 Å². The quantitative estimate of drug-likeness (QED) is 0.847. The van der Waals surface area contributed by atoms with Crippen LogP contribution in [0, 0.1) is 20.8 Å². The van der Waals surface area contributed by atoms with Crippen molar-refractivity contribution in [2.45, 2.75) is 39.7 Å². The van der Waals surface area contributed by atoms with Crippen LogP contribution in [0.2, 0.25) is 0 Å². The molecule has 0 heterocycles. The second kappa shape index (κ2) is 7.70. The predicted molar refractivity (Wildman–Crippen MR) is 100 cm³/mol. The van der Waals surface area contributed by atoms with Gasteiger partial charge < -0.3 is 15.2 Å². The summed E-state index contributed by atoms with van der Waals surface area (Å²) in [6.07, 6.45) is 0.448. The number of ether oxygens (including phenoxy) is 1. The summed E-state index contributed by atoms with van der Waals surface area (Å²) >= 11 is 0. The minimum atomic E-state index is -1.03. The Balaban J connectivity index is 2.02. The molecule has 2 rings (SSSR count). The maximum Gasteiger partial charge on any atom is 0.251 e. The minimum Gasteiger partial charge on any atom is -0.497 e. The van der Waals surface area contributed by atoms with Gasteiger partial charge in [0, 0.05) is 18.5 Å². The van der Waals surface area contributed by atoms with Gasteiger partial charge in [0.2, 0.25) is 0 Å².